The van der Waals surface area contributed by atoms with Crippen LogP contribution < -0.4 is 20.1 Å². The van der Waals surface area contributed by atoms with Gasteiger partial charge in [0, 0.05) is 5.56 Å². The summed E-state index contributed by atoms with van der Waals surface area (Å²) in [7, 11) is -2.25. The lowest BCUT2D eigenvalue weighted by Gasteiger charge is -2.18. The highest BCUT2D eigenvalue weighted by Crippen LogP contribution is 2.25. The maximum atomic E-state index is 12.2. The number of benzene rings is 2. The molecule has 0 heterocycles. The number of hydrogen-bond donors (Lipinski definition) is 3. The second kappa shape index (κ2) is 10.2. The van der Waals surface area contributed by atoms with Gasteiger partial charge in [-0.25, -0.2) is 13.1 Å². The number of ether oxygens (including phenoxy) is 1. The molecule has 0 spiro atoms. The van der Waals surface area contributed by atoms with Crippen molar-refractivity contribution in [2.75, 3.05) is 20.2 Å². The van der Waals surface area contributed by atoms with Crippen LogP contribution in [0.15, 0.2) is 47.4 Å². The van der Waals surface area contributed by atoms with E-state index in [1.54, 1.807) is 19.2 Å². The van der Waals surface area contributed by atoms with Crippen molar-refractivity contribution in [3.63, 3.8) is 0 Å². The number of sulfonamides is 1. The summed E-state index contributed by atoms with van der Waals surface area (Å²) in [4.78, 5) is 24.2. The zero-order valence-corrected chi connectivity index (χ0v) is 18.3. The van der Waals surface area contributed by atoms with Crippen LogP contribution in [0.1, 0.15) is 29.7 Å². The van der Waals surface area contributed by atoms with Crippen LogP contribution in [0.25, 0.3) is 0 Å². The number of aryl methyl sites for hydroxylation is 2. The topological polar surface area (TPSA) is 114 Å². The Morgan fingerprint density at radius 3 is 2.23 bits per heavy atom. The Kier molecular flexibility index (Phi) is 7.96. The van der Waals surface area contributed by atoms with Gasteiger partial charge in [-0.1, -0.05) is 35.4 Å². The minimum Gasteiger partial charge on any atom is -0.496 e. The van der Waals surface area contributed by atoms with Crippen molar-refractivity contribution in [2.24, 2.45) is 0 Å². The molecule has 0 bridgehead atoms. The number of amides is 2. The Morgan fingerprint density at radius 1 is 0.967 bits per heavy atom. The van der Waals surface area contributed by atoms with Gasteiger partial charge in [0.25, 0.3) is 0 Å². The molecule has 2 aromatic rings. The van der Waals surface area contributed by atoms with Gasteiger partial charge in [-0.15, -0.1) is 0 Å². The van der Waals surface area contributed by atoms with Crippen LogP contribution in [0.5, 0.6) is 5.75 Å². The largest absolute Gasteiger partial charge is 0.496 e. The van der Waals surface area contributed by atoms with E-state index in [2.05, 4.69) is 15.4 Å². The number of rotatable bonds is 9. The lowest BCUT2D eigenvalue weighted by Crippen LogP contribution is -2.42. The van der Waals surface area contributed by atoms with Crippen molar-refractivity contribution in [2.45, 2.75) is 31.7 Å². The number of nitrogens with one attached hydrogen (secondary N) is 3. The molecule has 0 saturated heterocycles. The third-order valence-electron chi connectivity index (χ3n) is 4.43. The maximum absolute atomic E-state index is 12.2. The Balaban J connectivity index is 1.84. The first kappa shape index (κ1) is 23.4. The zero-order valence-electron chi connectivity index (χ0n) is 17.5. The minimum absolute atomic E-state index is 0.0690. The molecule has 2 amide bonds. The van der Waals surface area contributed by atoms with E-state index < -0.39 is 28.4 Å². The van der Waals surface area contributed by atoms with Gasteiger partial charge in [0.1, 0.15) is 5.75 Å². The molecule has 3 N–H and O–H groups in total. The molecule has 0 aliphatic heterocycles. The van der Waals surface area contributed by atoms with Crippen LogP contribution in [0, 0.1) is 13.8 Å². The van der Waals surface area contributed by atoms with Crippen LogP contribution >= 0.6 is 0 Å². The molecule has 1 unspecified atom stereocenters. The molecule has 30 heavy (non-hydrogen) atoms. The van der Waals surface area contributed by atoms with E-state index in [0.717, 1.165) is 16.7 Å². The predicted molar refractivity (Wildman–Crippen MR) is 114 cm³/mol. The SMILES string of the molecule is COc1ccc(C)cc1C(C)NC(=O)CNC(=O)CNS(=O)(=O)c1ccc(C)cc1. The summed E-state index contributed by atoms with van der Waals surface area (Å²) in [6.07, 6.45) is 0. The molecule has 0 fully saturated rings. The Hall–Kier alpha value is -2.91. The molecule has 0 radical (unpaired) electrons. The summed E-state index contributed by atoms with van der Waals surface area (Å²) < 4.78 is 31.9. The zero-order chi connectivity index (χ0) is 22.3. The molecule has 0 aliphatic rings. The van der Waals surface area contributed by atoms with Gasteiger partial charge in [0.2, 0.25) is 21.8 Å². The second-order valence-corrected chi connectivity index (χ2v) is 8.72. The third-order valence-corrected chi connectivity index (χ3v) is 5.85. The van der Waals surface area contributed by atoms with E-state index in [0.29, 0.717) is 5.75 Å². The second-order valence-electron chi connectivity index (χ2n) is 6.95. The lowest BCUT2D eigenvalue weighted by molar-refractivity contribution is -0.125. The summed E-state index contributed by atoms with van der Waals surface area (Å²) in [6, 6.07) is 11.6. The van der Waals surface area contributed by atoms with Crippen molar-refractivity contribution in [1.82, 2.24) is 15.4 Å². The average Bonchev–Trinajstić information content (AvgIpc) is 2.71. The highest BCUT2D eigenvalue weighted by atomic mass is 32.2. The predicted octanol–water partition coefficient (Wildman–Crippen LogP) is 1.58. The minimum atomic E-state index is -3.80. The average molecular weight is 434 g/mol. The van der Waals surface area contributed by atoms with Gasteiger partial charge in [-0.3, -0.25) is 9.59 Å². The fraction of sp³-hybridized carbons (Fsp3) is 0.333. The van der Waals surface area contributed by atoms with E-state index in [-0.39, 0.29) is 17.5 Å². The van der Waals surface area contributed by atoms with Crippen LogP contribution in [0.2, 0.25) is 0 Å². The molecule has 8 nitrogen and oxygen atoms in total. The molecule has 162 valence electrons. The Labute approximate surface area is 177 Å². The van der Waals surface area contributed by atoms with Crippen LogP contribution in [-0.2, 0) is 19.6 Å². The van der Waals surface area contributed by atoms with Crippen molar-refractivity contribution < 1.29 is 22.7 Å². The molecule has 1 atom stereocenters. The van der Waals surface area contributed by atoms with E-state index in [4.69, 9.17) is 4.74 Å². The van der Waals surface area contributed by atoms with E-state index in [1.807, 2.05) is 39.0 Å². The molecule has 9 heteroatoms. The summed E-state index contributed by atoms with van der Waals surface area (Å²) >= 11 is 0. The third kappa shape index (κ3) is 6.57. The smallest absolute Gasteiger partial charge is 0.241 e. The molecule has 0 saturated carbocycles. The number of carbonyl (C=O) groups is 2. The lowest BCUT2D eigenvalue weighted by atomic mass is 10.0. The van der Waals surface area contributed by atoms with Crippen molar-refractivity contribution in [1.29, 1.82) is 0 Å². The standard InChI is InChI=1S/C21H27N3O5S/c1-14-5-8-17(9-6-14)30(27,28)23-13-20(25)22-12-21(26)24-16(3)18-11-15(2)7-10-19(18)29-4/h5-11,16,23H,12-13H2,1-4H3,(H,22,25)(H,24,26). The van der Waals surface area contributed by atoms with Gasteiger partial charge >= 0.3 is 0 Å². The maximum Gasteiger partial charge on any atom is 0.241 e. The van der Waals surface area contributed by atoms with Gasteiger partial charge in [0.05, 0.1) is 31.1 Å². The Morgan fingerprint density at radius 2 is 1.60 bits per heavy atom. The van der Waals surface area contributed by atoms with Gasteiger partial charge in [-0.2, -0.15) is 0 Å². The van der Waals surface area contributed by atoms with E-state index >= 15 is 0 Å². The number of carbonyl (C=O) groups excluding carboxylic acids is 2. The summed E-state index contributed by atoms with van der Waals surface area (Å²) in [5.41, 5.74) is 2.78. The molecular weight excluding hydrogens is 406 g/mol. The Bertz CT molecular complexity index is 1000. The van der Waals surface area contributed by atoms with Crippen LogP contribution in [0.4, 0.5) is 0 Å². The fourth-order valence-corrected chi connectivity index (χ4v) is 3.75. The first-order valence-corrected chi connectivity index (χ1v) is 10.9. The van der Waals surface area contributed by atoms with Gasteiger partial charge < -0.3 is 15.4 Å². The molecule has 0 aliphatic carbocycles. The van der Waals surface area contributed by atoms with Gasteiger partial charge in [0.15, 0.2) is 0 Å². The molecule has 2 aromatic carbocycles. The number of methoxy groups -OCH3 is 1. The summed E-state index contributed by atoms with van der Waals surface area (Å²) in [5, 5.41) is 5.19. The summed E-state index contributed by atoms with van der Waals surface area (Å²) in [6.45, 7) is 4.86. The normalized spacial score (nSPS) is 12.1. The van der Waals surface area contributed by atoms with E-state index in [9.17, 15) is 18.0 Å². The van der Waals surface area contributed by atoms with Crippen molar-refractivity contribution in [3.8, 4) is 5.75 Å². The number of hydrogen-bond acceptors (Lipinski definition) is 5. The fourth-order valence-electron chi connectivity index (χ4n) is 2.77. The van der Waals surface area contributed by atoms with Crippen LogP contribution in [0.3, 0.4) is 0 Å². The summed E-state index contributed by atoms with van der Waals surface area (Å²) in [5.74, 6) is -0.356. The highest BCUT2D eigenvalue weighted by Gasteiger charge is 2.17. The first-order chi connectivity index (χ1) is 14.1. The van der Waals surface area contributed by atoms with E-state index in [1.165, 1.54) is 12.1 Å². The quantitative estimate of drug-likeness (QED) is 0.556. The molecule has 2 rings (SSSR count). The van der Waals surface area contributed by atoms with Crippen molar-refractivity contribution >= 4 is 21.8 Å². The van der Waals surface area contributed by atoms with Crippen LogP contribution in [-0.4, -0.2) is 40.4 Å². The van der Waals surface area contributed by atoms with Crippen molar-refractivity contribution in [3.05, 3.63) is 59.2 Å². The molecule has 0 aromatic heterocycles. The highest BCUT2D eigenvalue weighted by molar-refractivity contribution is 7.89. The first-order valence-electron chi connectivity index (χ1n) is 9.39. The van der Waals surface area contributed by atoms with Gasteiger partial charge in [-0.05, 0) is 39.0 Å². The molecular formula is C21H27N3O5S. The monoisotopic (exact) mass is 433 g/mol.